The Bertz CT molecular complexity index is 1220. The van der Waals surface area contributed by atoms with Crippen molar-refractivity contribution >= 4 is 14.8 Å². The minimum Gasteiger partial charge on any atom is -0.446 e. The fourth-order valence-corrected chi connectivity index (χ4v) is 12.4. The van der Waals surface area contributed by atoms with Crippen LogP contribution in [0.25, 0.3) is 0 Å². The Balaban J connectivity index is 0.000000320. The molecule has 6 nitrogen and oxygen atoms in total. The summed E-state index contributed by atoms with van der Waals surface area (Å²) in [6.07, 6.45) is 35.5. The summed E-state index contributed by atoms with van der Waals surface area (Å²) in [5.41, 5.74) is 2.51. The molecule has 0 bridgehead atoms. The Labute approximate surface area is 361 Å². The van der Waals surface area contributed by atoms with Gasteiger partial charge in [-0.05, 0) is 156 Å². The van der Waals surface area contributed by atoms with E-state index in [2.05, 4.69) is 76.3 Å². The smallest absolute Gasteiger partial charge is 0.407 e. The van der Waals surface area contributed by atoms with Crippen LogP contribution in [0.1, 0.15) is 196 Å². The first-order chi connectivity index (χ1) is 28.0. The Morgan fingerprint density at radius 3 is 2.33 bits per heavy atom. The van der Waals surface area contributed by atoms with Gasteiger partial charge in [-0.25, -0.2) is 4.79 Å². The van der Waals surface area contributed by atoms with E-state index in [9.17, 15) is 4.79 Å². The summed E-state index contributed by atoms with van der Waals surface area (Å²) < 4.78 is 12.0. The summed E-state index contributed by atoms with van der Waals surface area (Å²) in [6, 6.07) is 0. The highest BCUT2D eigenvalue weighted by atomic mass is 31.1. The van der Waals surface area contributed by atoms with Gasteiger partial charge in [-0.3, -0.25) is 5.09 Å². The third-order valence-electron chi connectivity index (χ3n) is 15.7. The molecule has 1 saturated heterocycles. The van der Waals surface area contributed by atoms with E-state index >= 15 is 0 Å². The van der Waals surface area contributed by atoms with Gasteiger partial charge in [0.25, 0.3) is 0 Å². The number of hydrogen-bond acceptors (Lipinski definition) is 5. The Hall–Kier alpha value is -1.10. The first kappa shape index (κ1) is 49.6. The van der Waals surface area contributed by atoms with E-state index < -0.39 is 0 Å². The standard InChI is InChI=1S/C34H61N2O2P.C12H21NO.C3H6.C2H6/c1-25(2)12-8-9-13-26-15-17-30-29-16-14-27-24-28(18-20-34(27,4)31(29)19-21-33(26,30)3)38-32(37)35-22-10-6-7-11-23-36-39-5;1-4-10-8-11(9-6-7-9)12(14-10)13(3)5-2;1-2-3-1;1-2/h14,25-26,28-31,36,39H,6-13,15-24H2,1-5H3,(H,35,37);5,9-12H,2,4,6-8H2,1,3H3;1-3H2;1-2H3. The van der Waals surface area contributed by atoms with E-state index in [-0.39, 0.29) is 12.2 Å². The third-order valence-corrected chi connectivity index (χ3v) is 16.4. The fourth-order valence-electron chi connectivity index (χ4n) is 11.9. The van der Waals surface area contributed by atoms with Crippen molar-refractivity contribution in [3.05, 3.63) is 24.4 Å². The number of rotatable bonds is 18. The molecule has 0 spiro atoms. The lowest BCUT2D eigenvalue weighted by Gasteiger charge is -2.58. The van der Waals surface area contributed by atoms with Crippen molar-refractivity contribution in [2.75, 3.05) is 26.8 Å². The van der Waals surface area contributed by atoms with E-state index in [4.69, 9.17) is 9.47 Å². The maximum atomic E-state index is 12.5. The normalized spacial score (nSPS) is 34.5. The highest BCUT2D eigenvalue weighted by Gasteiger charge is 2.58. The molecular formula is C51H94N3O3P. The molecule has 2 N–H and O–H groups in total. The van der Waals surface area contributed by atoms with Gasteiger partial charge < -0.3 is 19.7 Å². The molecular weight excluding hydrogens is 734 g/mol. The average molecular weight is 828 g/mol. The predicted molar refractivity (Wildman–Crippen MR) is 250 cm³/mol. The number of allylic oxidation sites excluding steroid dienone is 1. The fraction of sp³-hybridized carbons (Fsp3) is 0.902. The van der Waals surface area contributed by atoms with Crippen molar-refractivity contribution < 1.29 is 14.3 Å². The molecule has 58 heavy (non-hydrogen) atoms. The van der Waals surface area contributed by atoms with Gasteiger partial charge >= 0.3 is 6.09 Å². The molecule has 1 heterocycles. The molecule has 1 aliphatic heterocycles. The van der Waals surface area contributed by atoms with E-state index in [1.807, 2.05) is 20.0 Å². The second-order valence-electron chi connectivity index (χ2n) is 20.2. The van der Waals surface area contributed by atoms with Crippen molar-refractivity contribution in [3.63, 3.8) is 0 Å². The first-order valence-electron chi connectivity index (χ1n) is 25.1. The largest absolute Gasteiger partial charge is 0.446 e. The van der Waals surface area contributed by atoms with Gasteiger partial charge in [-0.2, -0.15) is 0 Å². The topological polar surface area (TPSA) is 62.8 Å². The maximum absolute atomic E-state index is 12.5. The number of carbonyl (C=O) groups is 1. The van der Waals surface area contributed by atoms with E-state index in [1.54, 1.807) is 5.57 Å². The van der Waals surface area contributed by atoms with Crippen molar-refractivity contribution in [1.82, 2.24) is 15.3 Å². The van der Waals surface area contributed by atoms with Gasteiger partial charge in [0.15, 0.2) is 0 Å². The van der Waals surface area contributed by atoms with E-state index in [0.717, 1.165) is 88.9 Å². The van der Waals surface area contributed by atoms with Crippen LogP contribution in [0.2, 0.25) is 0 Å². The highest BCUT2D eigenvalue weighted by molar-refractivity contribution is 7.34. The minimum absolute atomic E-state index is 0.0531. The number of nitrogens with zero attached hydrogens (tertiary/aromatic N) is 1. The van der Waals surface area contributed by atoms with Gasteiger partial charge in [-0.1, -0.05) is 127 Å². The second kappa shape index (κ2) is 25.1. The zero-order valence-electron chi connectivity index (χ0n) is 39.5. The van der Waals surface area contributed by atoms with Crippen LogP contribution in [0.4, 0.5) is 4.79 Å². The maximum Gasteiger partial charge on any atom is 0.407 e. The molecule has 5 saturated carbocycles. The summed E-state index contributed by atoms with van der Waals surface area (Å²) in [7, 11) is 2.91. The van der Waals surface area contributed by atoms with Crippen molar-refractivity contribution in [2.45, 2.75) is 215 Å². The molecule has 336 valence electrons. The number of nitrogens with one attached hydrogen (secondary N) is 2. The Morgan fingerprint density at radius 1 is 0.966 bits per heavy atom. The summed E-state index contributed by atoms with van der Waals surface area (Å²) in [6.45, 7) is 24.0. The molecule has 0 aromatic rings. The van der Waals surface area contributed by atoms with Gasteiger partial charge in [0.1, 0.15) is 12.3 Å². The van der Waals surface area contributed by atoms with Crippen LogP contribution < -0.4 is 10.4 Å². The van der Waals surface area contributed by atoms with Gasteiger partial charge in [-0.15, -0.1) is 0 Å². The van der Waals surface area contributed by atoms with Gasteiger partial charge in [0.2, 0.25) is 0 Å². The van der Waals surface area contributed by atoms with Crippen LogP contribution in [0.5, 0.6) is 0 Å². The molecule has 0 aromatic carbocycles. The zero-order chi connectivity index (χ0) is 42.1. The summed E-state index contributed by atoms with van der Waals surface area (Å²) in [4.78, 5) is 14.6. The van der Waals surface area contributed by atoms with Crippen molar-refractivity contribution in [1.29, 1.82) is 0 Å². The molecule has 7 rings (SSSR count). The van der Waals surface area contributed by atoms with Crippen LogP contribution in [-0.2, 0) is 9.47 Å². The van der Waals surface area contributed by atoms with E-state index in [0.29, 0.717) is 23.2 Å². The van der Waals surface area contributed by atoms with Gasteiger partial charge in [0.05, 0.1) is 6.10 Å². The summed E-state index contributed by atoms with van der Waals surface area (Å²) in [5, 5.41) is 6.42. The zero-order valence-corrected chi connectivity index (χ0v) is 40.5. The lowest BCUT2D eigenvalue weighted by Crippen LogP contribution is -2.50. The molecule has 7 heteroatoms. The number of carbonyl (C=O) groups excluding carboxylic acids is 1. The average Bonchev–Trinajstić information content (AvgIpc) is 4.18. The number of ether oxygens (including phenoxy) is 2. The van der Waals surface area contributed by atoms with Crippen molar-refractivity contribution in [3.8, 4) is 0 Å². The molecule has 11 atom stereocenters. The molecule has 0 aromatic heterocycles. The van der Waals surface area contributed by atoms with Crippen LogP contribution in [-0.4, -0.2) is 56.2 Å². The van der Waals surface area contributed by atoms with E-state index in [1.165, 1.54) is 122 Å². The molecule has 11 unspecified atom stereocenters. The molecule has 7 aliphatic rings. The van der Waals surface area contributed by atoms with Gasteiger partial charge in [0, 0.05) is 25.9 Å². The highest BCUT2D eigenvalue weighted by Crippen LogP contribution is 2.67. The van der Waals surface area contributed by atoms with Crippen LogP contribution >= 0.6 is 8.73 Å². The first-order valence-corrected chi connectivity index (χ1v) is 26.6. The summed E-state index contributed by atoms with van der Waals surface area (Å²) >= 11 is 0. The summed E-state index contributed by atoms with van der Waals surface area (Å²) in [5.74, 6) is 6.11. The quantitative estimate of drug-likeness (QED) is 0.0819. The SMILES string of the molecule is C1CC1.C=CN(C)C1OC(CC)CC1C1CC1.CC.CPNCCCCCCNC(=O)OC1CCC2(C)C(=CCC3C2CCC2(C)C(CCCCC(C)C)CCC32)C1. The van der Waals surface area contributed by atoms with Crippen LogP contribution in [0.3, 0.4) is 0 Å². The monoisotopic (exact) mass is 828 g/mol. The number of fused-ring (bicyclic) bond motifs is 5. The minimum atomic E-state index is -0.203. The number of alkyl carbamates (subject to hydrolysis) is 1. The number of unbranched alkanes of at least 4 members (excludes halogenated alkanes) is 4. The lowest BCUT2D eigenvalue weighted by atomic mass is 9.47. The number of amides is 1. The van der Waals surface area contributed by atoms with Crippen LogP contribution in [0.15, 0.2) is 24.4 Å². The second-order valence-corrected chi connectivity index (χ2v) is 21.1. The lowest BCUT2D eigenvalue weighted by molar-refractivity contribution is -0.0519. The molecule has 6 aliphatic carbocycles. The number of hydrogen-bond donors (Lipinski definition) is 2. The third kappa shape index (κ3) is 14.2. The molecule has 0 radical (unpaired) electrons. The Morgan fingerprint density at radius 2 is 1.69 bits per heavy atom. The Kier molecular flexibility index (Phi) is 21.5. The predicted octanol–water partition coefficient (Wildman–Crippen LogP) is 14.1. The van der Waals surface area contributed by atoms with Crippen molar-refractivity contribution in [2.24, 2.45) is 52.3 Å². The molecule has 6 fully saturated rings. The molecule has 1 amide bonds. The van der Waals surface area contributed by atoms with Crippen LogP contribution in [0, 0.1) is 52.3 Å².